The van der Waals surface area contributed by atoms with E-state index in [4.69, 9.17) is 10.2 Å². The summed E-state index contributed by atoms with van der Waals surface area (Å²) in [4.78, 5) is 25.5. The van der Waals surface area contributed by atoms with E-state index in [1.807, 2.05) is 6.92 Å². The van der Waals surface area contributed by atoms with Gasteiger partial charge in [-0.1, -0.05) is 0 Å². The molecular formula is C14H12N2O3. The van der Waals surface area contributed by atoms with Crippen molar-refractivity contribution in [3.8, 4) is 0 Å². The van der Waals surface area contributed by atoms with Crippen LogP contribution < -0.4 is 5.73 Å². The van der Waals surface area contributed by atoms with Gasteiger partial charge < -0.3 is 10.2 Å². The molecule has 19 heavy (non-hydrogen) atoms. The summed E-state index contributed by atoms with van der Waals surface area (Å²) in [5.41, 5.74) is 6.85. The zero-order valence-corrected chi connectivity index (χ0v) is 10.3. The van der Waals surface area contributed by atoms with Crippen LogP contribution in [-0.4, -0.2) is 16.7 Å². The van der Waals surface area contributed by atoms with Gasteiger partial charge in [-0.2, -0.15) is 0 Å². The number of nitrogen functional groups attached to an aromatic ring is 1. The predicted octanol–water partition coefficient (Wildman–Crippen LogP) is 1.97. The van der Waals surface area contributed by atoms with Crippen LogP contribution in [0.5, 0.6) is 0 Å². The molecule has 1 aliphatic rings. The third-order valence-corrected chi connectivity index (χ3v) is 3.10. The maximum atomic E-state index is 12.2. The van der Waals surface area contributed by atoms with Gasteiger partial charge in [0.25, 0.3) is 11.8 Å². The molecule has 0 unspecified atom stereocenters. The van der Waals surface area contributed by atoms with Gasteiger partial charge in [0.15, 0.2) is 0 Å². The molecule has 5 nitrogen and oxygen atoms in total. The minimum Gasteiger partial charge on any atom is -0.464 e. The monoisotopic (exact) mass is 256 g/mol. The van der Waals surface area contributed by atoms with Gasteiger partial charge in [-0.05, 0) is 37.3 Å². The van der Waals surface area contributed by atoms with Gasteiger partial charge in [-0.25, -0.2) is 0 Å². The second-order valence-corrected chi connectivity index (χ2v) is 4.51. The van der Waals surface area contributed by atoms with Crippen molar-refractivity contribution in [2.75, 3.05) is 5.73 Å². The topological polar surface area (TPSA) is 76.5 Å². The van der Waals surface area contributed by atoms with E-state index < -0.39 is 0 Å². The fraction of sp³-hybridized carbons (Fsp3) is 0.143. The molecule has 1 aliphatic heterocycles. The lowest BCUT2D eigenvalue weighted by molar-refractivity contribution is 0.0631. The van der Waals surface area contributed by atoms with Crippen molar-refractivity contribution in [3.63, 3.8) is 0 Å². The van der Waals surface area contributed by atoms with E-state index in [1.54, 1.807) is 24.3 Å². The van der Waals surface area contributed by atoms with Crippen LogP contribution in [0.15, 0.2) is 34.7 Å². The number of carbonyl (C=O) groups is 2. The quantitative estimate of drug-likeness (QED) is 0.658. The predicted molar refractivity (Wildman–Crippen MR) is 68.5 cm³/mol. The molecule has 0 atom stereocenters. The highest BCUT2D eigenvalue weighted by Crippen LogP contribution is 2.26. The smallest absolute Gasteiger partial charge is 0.262 e. The Labute approximate surface area is 109 Å². The van der Waals surface area contributed by atoms with Gasteiger partial charge in [-0.3, -0.25) is 14.5 Å². The van der Waals surface area contributed by atoms with E-state index in [0.717, 1.165) is 5.76 Å². The van der Waals surface area contributed by atoms with Crippen molar-refractivity contribution >= 4 is 17.5 Å². The second-order valence-electron chi connectivity index (χ2n) is 4.51. The molecule has 1 aromatic carbocycles. The summed E-state index contributed by atoms with van der Waals surface area (Å²) in [5, 5.41) is 0. The van der Waals surface area contributed by atoms with Gasteiger partial charge >= 0.3 is 0 Å². The molecule has 5 heteroatoms. The van der Waals surface area contributed by atoms with Crippen LogP contribution in [0, 0.1) is 6.92 Å². The highest BCUT2D eigenvalue weighted by atomic mass is 16.3. The number of furan rings is 1. The van der Waals surface area contributed by atoms with Gasteiger partial charge in [0.2, 0.25) is 0 Å². The molecule has 1 aromatic heterocycles. The van der Waals surface area contributed by atoms with Crippen LogP contribution in [0.25, 0.3) is 0 Å². The zero-order valence-electron chi connectivity index (χ0n) is 10.3. The second kappa shape index (κ2) is 3.98. The van der Waals surface area contributed by atoms with Crippen molar-refractivity contribution < 1.29 is 14.0 Å². The fourth-order valence-electron chi connectivity index (χ4n) is 2.18. The molecule has 0 aliphatic carbocycles. The molecule has 0 spiro atoms. The van der Waals surface area contributed by atoms with Crippen LogP contribution in [0.2, 0.25) is 0 Å². The highest BCUT2D eigenvalue weighted by molar-refractivity contribution is 6.21. The number of rotatable bonds is 2. The average molecular weight is 256 g/mol. The maximum Gasteiger partial charge on any atom is 0.262 e. The Balaban J connectivity index is 1.94. The van der Waals surface area contributed by atoms with Gasteiger partial charge in [0.05, 0.1) is 17.7 Å². The number of nitrogens with two attached hydrogens (primary N) is 1. The SMILES string of the molecule is Cc1ccc(CN2C(=O)c3ccc(N)cc3C2=O)o1. The van der Waals surface area contributed by atoms with Gasteiger partial charge in [0.1, 0.15) is 11.5 Å². The molecule has 2 heterocycles. The van der Waals surface area contributed by atoms with E-state index in [9.17, 15) is 9.59 Å². The molecule has 0 bridgehead atoms. The summed E-state index contributed by atoms with van der Waals surface area (Å²) in [6.07, 6.45) is 0. The van der Waals surface area contributed by atoms with Gasteiger partial charge in [-0.15, -0.1) is 0 Å². The molecule has 2 N–H and O–H groups in total. The standard InChI is InChI=1S/C14H12N2O3/c1-8-2-4-10(19-8)7-16-13(17)11-5-3-9(15)6-12(11)14(16)18/h2-6H,7,15H2,1H3. The molecule has 0 fully saturated rings. The average Bonchev–Trinajstić information content (AvgIpc) is 2.88. The van der Waals surface area contributed by atoms with Crippen LogP contribution in [0.4, 0.5) is 5.69 Å². The van der Waals surface area contributed by atoms with E-state index in [2.05, 4.69) is 0 Å². The third-order valence-electron chi connectivity index (χ3n) is 3.10. The number of fused-ring (bicyclic) bond motifs is 1. The van der Waals surface area contributed by atoms with Crippen LogP contribution in [-0.2, 0) is 6.54 Å². The number of hydrogen-bond acceptors (Lipinski definition) is 4. The minimum absolute atomic E-state index is 0.139. The van der Waals surface area contributed by atoms with Crippen molar-refractivity contribution in [3.05, 3.63) is 53.0 Å². The lowest BCUT2D eigenvalue weighted by Crippen LogP contribution is -2.28. The first-order valence-electron chi connectivity index (χ1n) is 5.87. The normalized spacial score (nSPS) is 14.1. The lowest BCUT2D eigenvalue weighted by atomic mass is 10.1. The summed E-state index contributed by atoms with van der Waals surface area (Å²) in [5.74, 6) is 0.686. The fourth-order valence-corrected chi connectivity index (χ4v) is 2.18. The first-order valence-corrected chi connectivity index (χ1v) is 5.87. The van der Waals surface area contributed by atoms with E-state index in [0.29, 0.717) is 22.6 Å². The number of amides is 2. The Morgan fingerprint density at radius 2 is 1.84 bits per heavy atom. The number of imide groups is 1. The highest BCUT2D eigenvalue weighted by Gasteiger charge is 2.35. The Bertz CT molecular complexity index is 688. The Morgan fingerprint density at radius 1 is 1.11 bits per heavy atom. The van der Waals surface area contributed by atoms with Crippen molar-refractivity contribution in [2.45, 2.75) is 13.5 Å². The number of hydrogen-bond donors (Lipinski definition) is 1. The van der Waals surface area contributed by atoms with Crippen molar-refractivity contribution in [1.29, 1.82) is 0 Å². The first kappa shape index (κ1) is 11.5. The molecule has 0 radical (unpaired) electrons. The third kappa shape index (κ3) is 1.79. The molecule has 3 rings (SSSR count). The maximum absolute atomic E-state index is 12.2. The van der Waals surface area contributed by atoms with E-state index in [1.165, 1.54) is 11.0 Å². The van der Waals surface area contributed by atoms with Crippen molar-refractivity contribution in [2.24, 2.45) is 0 Å². The molecule has 2 aromatic rings. The number of carbonyl (C=O) groups excluding carboxylic acids is 2. The molecule has 96 valence electrons. The minimum atomic E-state index is -0.332. The lowest BCUT2D eigenvalue weighted by Gasteiger charge is -2.11. The summed E-state index contributed by atoms with van der Waals surface area (Å²) < 4.78 is 5.39. The summed E-state index contributed by atoms with van der Waals surface area (Å²) in [6.45, 7) is 1.95. The first-order chi connectivity index (χ1) is 9.06. The molecule has 0 saturated heterocycles. The van der Waals surface area contributed by atoms with Gasteiger partial charge in [0, 0.05) is 5.69 Å². The summed E-state index contributed by atoms with van der Waals surface area (Å²) in [6, 6.07) is 8.28. The van der Waals surface area contributed by atoms with Crippen LogP contribution in [0.3, 0.4) is 0 Å². The number of aryl methyl sites for hydroxylation is 1. The van der Waals surface area contributed by atoms with Crippen molar-refractivity contribution in [1.82, 2.24) is 4.90 Å². The van der Waals surface area contributed by atoms with Crippen LogP contribution >= 0.6 is 0 Å². The van der Waals surface area contributed by atoms with E-state index >= 15 is 0 Å². The summed E-state index contributed by atoms with van der Waals surface area (Å²) in [7, 11) is 0. The Kier molecular flexibility index (Phi) is 2.41. The van der Waals surface area contributed by atoms with Crippen LogP contribution in [0.1, 0.15) is 32.2 Å². The van der Waals surface area contributed by atoms with E-state index in [-0.39, 0.29) is 18.4 Å². The number of nitrogens with zero attached hydrogens (tertiary/aromatic N) is 1. The zero-order chi connectivity index (χ0) is 13.6. The molecular weight excluding hydrogens is 244 g/mol. The Morgan fingerprint density at radius 3 is 2.53 bits per heavy atom. The number of anilines is 1. The summed E-state index contributed by atoms with van der Waals surface area (Å²) >= 11 is 0. The molecule has 2 amide bonds. The molecule has 0 saturated carbocycles. The largest absolute Gasteiger partial charge is 0.464 e. The Hall–Kier alpha value is -2.56. The number of benzene rings is 1.